The Bertz CT molecular complexity index is 1390. The fourth-order valence-corrected chi connectivity index (χ4v) is 5.50. The van der Waals surface area contributed by atoms with Crippen molar-refractivity contribution in [1.29, 1.82) is 5.26 Å². The first kappa shape index (κ1) is 21.4. The Morgan fingerprint density at radius 1 is 1.17 bits per heavy atom. The highest BCUT2D eigenvalue weighted by Gasteiger charge is 2.47. The summed E-state index contributed by atoms with van der Waals surface area (Å²) in [6, 6.07) is 14.9. The minimum atomic E-state index is -0.479. The van der Waals surface area contributed by atoms with Crippen LogP contribution in [0.5, 0.6) is 0 Å². The van der Waals surface area contributed by atoms with Crippen LogP contribution in [-0.4, -0.2) is 59.4 Å². The van der Waals surface area contributed by atoms with E-state index in [9.17, 15) is 10.1 Å². The summed E-state index contributed by atoms with van der Waals surface area (Å²) in [4.78, 5) is 15.9. The van der Waals surface area contributed by atoms with E-state index in [1.165, 1.54) is 5.56 Å². The molecule has 176 valence electrons. The van der Waals surface area contributed by atoms with Gasteiger partial charge in [0.15, 0.2) is 5.82 Å². The lowest BCUT2D eigenvalue weighted by Gasteiger charge is -2.48. The van der Waals surface area contributed by atoms with Gasteiger partial charge in [0.25, 0.3) is 0 Å². The van der Waals surface area contributed by atoms with Gasteiger partial charge in [-0.25, -0.2) is 0 Å². The van der Waals surface area contributed by atoms with Gasteiger partial charge in [-0.2, -0.15) is 10.4 Å². The number of hydrogen-bond donors (Lipinski definition) is 0. The molecule has 6 rings (SSSR count). The highest BCUT2D eigenvalue weighted by Crippen LogP contribution is 2.42. The zero-order chi connectivity index (χ0) is 24.2. The summed E-state index contributed by atoms with van der Waals surface area (Å²) in [5.41, 5.74) is 2.64. The van der Waals surface area contributed by atoms with Crippen molar-refractivity contribution >= 4 is 17.7 Å². The Morgan fingerprint density at radius 3 is 2.71 bits per heavy atom. The molecule has 2 unspecified atom stereocenters. The molecule has 3 aliphatic heterocycles. The highest BCUT2D eigenvalue weighted by atomic mass is 16.2. The molecular weight excluding hydrogens is 440 g/mol. The van der Waals surface area contributed by atoms with Gasteiger partial charge in [-0.3, -0.25) is 9.48 Å². The predicted octanol–water partition coefficient (Wildman–Crippen LogP) is 2.75. The molecule has 0 saturated carbocycles. The van der Waals surface area contributed by atoms with E-state index >= 15 is 0 Å². The first-order chi connectivity index (χ1) is 17.0. The number of hydrogen-bond acceptors (Lipinski definition) is 6. The van der Waals surface area contributed by atoms with E-state index in [2.05, 4.69) is 62.2 Å². The van der Waals surface area contributed by atoms with Crippen molar-refractivity contribution in [2.24, 2.45) is 0 Å². The van der Waals surface area contributed by atoms with Crippen LogP contribution in [0.4, 0.5) is 0 Å². The van der Waals surface area contributed by atoms with Crippen LogP contribution in [0.15, 0.2) is 54.7 Å². The quantitative estimate of drug-likeness (QED) is 0.574. The van der Waals surface area contributed by atoms with Gasteiger partial charge in [-0.1, -0.05) is 36.4 Å². The molecule has 1 saturated heterocycles. The van der Waals surface area contributed by atoms with Crippen molar-refractivity contribution in [2.45, 2.75) is 44.4 Å². The van der Waals surface area contributed by atoms with E-state index in [1.54, 1.807) is 11.8 Å². The smallest absolute Gasteiger partial charge is 0.219 e. The number of likely N-dealkylation sites (tertiary alicyclic amines) is 1. The van der Waals surface area contributed by atoms with E-state index in [0.29, 0.717) is 19.5 Å². The largest absolute Gasteiger partial charge is 0.357 e. The van der Waals surface area contributed by atoms with Crippen molar-refractivity contribution in [1.82, 2.24) is 34.3 Å². The Labute approximate surface area is 203 Å². The van der Waals surface area contributed by atoms with Gasteiger partial charge in [0, 0.05) is 32.8 Å². The van der Waals surface area contributed by atoms with Crippen molar-refractivity contribution in [2.75, 3.05) is 13.1 Å². The zero-order valence-corrected chi connectivity index (χ0v) is 19.7. The average molecular weight is 467 g/mol. The van der Waals surface area contributed by atoms with Crippen molar-refractivity contribution < 1.29 is 4.79 Å². The summed E-state index contributed by atoms with van der Waals surface area (Å²) in [5.74, 6) is 1.77. The maximum absolute atomic E-state index is 11.8. The van der Waals surface area contributed by atoms with Gasteiger partial charge in [0.05, 0.1) is 30.3 Å². The molecule has 9 heteroatoms. The van der Waals surface area contributed by atoms with Crippen LogP contribution >= 0.6 is 0 Å². The number of aromatic nitrogens is 5. The number of carbonyl (C=O) groups is 1. The van der Waals surface area contributed by atoms with Gasteiger partial charge in [-0.05, 0) is 30.7 Å². The zero-order valence-electron chi connectivity index (χ0n) is 19.7. The number of nitriles is 1. The third-order valence-corrected chi connectivity index (χ3v) is 7.34. The van der Waals surface area contributed by atoms with Crippen molar-refractivity contribution in [3.8, 4) is 6.07 Å². The second-order valence-electron chi connectivity index (χ2n) is 9.56. The summed E-state index contributed by atoms with van der Waals surface area (Å²) in [6.07, 6.45) is 8.75. The Morgan fingerprint density at radius 2 is 1.97 bits per heavy atom. The van der Waals surface area contributed by atoms with Crippen molar-refractivity contribution in [3.05, 3.63) is 77.7 Å². The van der Waals surface area contributed by atoms with Gasteiger partial charge in [0.2, 0.25) is 5.91 Å². The molecule has 1 aromatic carbocycles. The summed E-state index contributed by atoms with van der Waals surface area (Å²) < 4.78 is 4.07. The number of benzene rings is 1. The Kier molecular flexibility index (Phi) is 4.85. The molecule has 35 heavy (non-hydrogen) atoms. The lowest BCUT2D eigenvalue weighted by Crippen LogP contribution is -2.63. The van der Waals surface area contributed by atoms with Crippen LogP contribution in [0.1, 0.15) is 42.3 Å². The first-order valence-corrected chi connectivity index (χ1v) is 11.8. The number of carbonyl (C=O) groups excluding carboxylic acids is 1. The van der Waals surface area contributed by atoms with Gasteiger partial charge in [-0.15, -0.1) is 10.2 Å². The molecule has 0 aliphatic carbocycles. The average Bonchev–Trinajstić information content (AvgIpc) is 3.54. The number of nitrogens with zero attached hydrogens (tertiary/aromatic N) is 8. The molecular formula is C26H26N8O. The van der Waals surface area contributed by atoms with Gasteiger partial charge in [0.1, 0.15) is 17.1 Å². The Hall–Kier alpha value is -4.19. The molecule has 3 aromatic rings. The van der Waals surface area contributed by atoms with E-state index in [1.807, 2.05) is 36.0 Å². The SMILES string of the molecule is CC(=O)N1CC(CC#N)(n2ccc(C3=CC4C(C=Cc5nnc(C)n54)N3Cc3ccccc3)n2)C1. The third-order valence-electron chi connectivity index (χ3n) is 7.34. The minimum Gasteiger partial charge on any atom is -0.357 e. The molecule has 0 bridgehead atoms. The molecule has 0 radical (unpaired) electrons. The summed E-state index contributed by atoms with van der Waals surface area (Å²) >= 11 is 0. The molecule has 5 heterocycles. The van der Waals surface area contributed by atoms with Crippen LogP contribution in [0.25, 0.3) is 11.8 Å². The number of fused-ring (bicyclic) bond motifs is 3. The van der Waals surface area contributed by atoms with Crippen molar-refractivity contribution in [3.63, 3.8) is 0 Å². The second-order valence-corrected chi connectivity index (χ2v) is 9.56. The van der Waals surface area contributed by atoms with E-state index in [-0.39, 0.29) is 18.0 Å². The second kappa shape index (κ2) is 7.94. The molecule has 2 aromatic heterocycles. The highest BCUT2D eigenvalue weighted by molar-refractivity contribution is 5.74. The summed E-state index contributed by atoms with van der Waals surface area (Å²) in [7, 11) is 0. The van der Waals surface area contributed by atoms with Crippen LogP contribution < -0.4 is 0 Å². The molecule has 9 nitrogen and oxygen atoms in total. The third kappa shape index (κ3) is 3.36. The molecule has 3 aliphatic rings. The van der Waals surface area contributed by atoms with Crippen LogP contribution in [0.2, 0.25) is 0 Å². The molecule has 1 fully saturated rings. The predicted molar refractivity (Wildman–Crippen MR) is 129 cm³/mol. The summed E-state index contributed by atoms with van der Waals surface area (Å²) in [6.45, 7) is 5.29. The maximum atomic E-state index is 11.8. The minimum absolute atomic E-state index is 0.0226. The summed E-state index contributed by atoms with van der Waals surface area (Å²) in [5, 5.41) is 23.1. The molecule has 0 spiro atoms. The topological polar surface area (TPSA) is 95.9 Å². The van der Waals surface area contributed by atoms with Crippen LogP contribution in [0.3, 0.4) is 0 Å². The van der Waals surface area contributed by atoms with Gasteiger partial charge >= 0.3 is 0 Å². The van der Waals surface area contributed by atoms with E-state index < -0.39 is 5.54 Å². The van der Waals surface area contributed by atoms with E-state index in [4.69, 9.17) is 5.10 Å². The molecule has 1 amide bonds. The van der Waals surface area contributed by atoms with Crippen LogP contribution in [-0.2, 0) is 16.9 Å². The fourth-order valence-electron chi connectivity index (χ4n) is 5.50. The monoisotopic (exact) mass is 466 g/mol. The lowest BCUT2D eigenvalue weighted by molar-refractivity contribution is -0.140. The fraction of sp³-hybridized carbons (Fsp3) is 0.346. The molecule has 0 N–H and O–H groups in total. The van der Waals surface area contributed by atoms with E-state index in [0.717, 1.165) is 29.6 Å². The lowest BCUT2D eigenvalue weighted by atomic mass is 9.87. The number of rotatable bonds is 5. The normalized spacial score (nSPS) is 21.7. The first-order valence-electron chi connectivity index (χ1n) is 11.8. The Balaban J connectivity index is 1.38. The molecule has 2 atom stereocenters. The van der Waals surface area contributed by atoms with Gasteiger partial charge < -0.3 is 14.4 Å². The number of aryl methyl sites for hydroxylation is 1. The number of amides is 1. The standard InChI is InChI=1S/C26H26N8O/c1-18-28-29-25-9-8-22-24(34(18)25)14-23(32(22)15-20-6-4-3-5-7-20)21-10-13-33(30-21)26(11-12-27)16-31(17-26)19(2)35/h3-10,13-14,22,24H,11,15-17H2,1-2H3. The maximum Gasteiger partial charge on any atom is 0.219 e. The van der Waals surface area contributed by atoms with Crippen LogP contribution in [0, 0.1) is 18.3 Å².